The zero-order chi connectivity index (χ0) is 11.3. The fraction of sp³-hybridized carbons (Fsp3) is 0.818. The number of hydrogen-bond acceptors (Lipinski definition) is 3. The van der Waals surface area contributed by atoms with Gasteiger partial charge in [-0.25, -0.2) is 5.01 Å². The van der Waals surface area contributed by atoms with Crippen molar-refractivity contribution in [3.05, 3.63) is 0 Å². The Morgan fingerprint density at radius 1 is 1.27 bits per heavy atom. The van der Waals surface area contributed by atoms with Gasteiger partial charge in [-0.1, -0.05) is 25.7 Å². The molecule has 84 valence electrons. The molecule has 0 aliphatic heterocycles. The van der Waals surface area contributed by atoms with E-state index in [0.717, 1.165) is 25.7 Å². The van der Waals surface area contributed by atoms with Gasteiger partial charge in [-0.3, -0.25) is 10.2 Å². The van der Waals surface area contributed by atoms with Crippen LogP contribution < -0.4 is 5.43 Å². The van der Waals surface area contributed by atoms with Crippen LogP contribution in [0.15, 0.2) is 0 Å². The van der Waals surface area contributed by atoms with Crippen molar-refractivity contribution >= 4 is 5.91 Å². The van der Waals surface area contributed by atoms with E-state index in [2.05, 4.69) is 11.5 Å². The van der Waals surface area contributed by atoms with Gasteiger partial charge in [-0.2, -0.15) is 5.26 Å². The number of rotatable bonds is 2. The smallest absolute Gasteiger partial charge is 0.254 e. The Morgan fingerprint density at radius 3 is 2.20 bits per heavy atom. The Bertz CT molecular complexity index is 259. The second kappa shape index (κ2) is 5.13. The highest BCUT2D eigenvalue weighted by Gasteiger charge is 2.39. The normalized spacial score (nSPS) is 20.4. The largest absolute Gasteiger partial charge is 0.288 e. The van der Waals surface area contributed by atoms with Crippen LogP contribution in [-0.2, 0) is 4.79 Å². The van der Waals surface area contributed by atoms with Gasteiger partial charge in [-0.05, 0) is 12.8 Å². The number of nitriles is 1. The highest BCUT2D eigenvalue weighted by molar-refractivity contribution is 5.84. The summed E-state index contributed by atoms with van der Waals surface area (Å²) in [6.45, 7) is 0. The molecule has 0 saturated heterocycles. The molecule has 0 radical (unpaired) electrons. The second-order valence-electron chi connectivity index (χ2n) is 4.44. The van der Waals surface area contributed by atoms with Gasteiger partial charge < -0.3 is 0 Å². The minimum atomic E-state index is -0.791. The SMILES string of the molecule is CN(C)NC(=O)C1(C#N)CCCCCC1. The van der Waals surface area contributed by atoms with Crippen molar-refractivity contribution in [3.8, 4) is 6.07 Å². The summed E-state index contributed by atoms with van der Waals surface area (Å²) < 4.78 is 0. The van der Waals surface area contributed by atoms with Gasteiger partial charge in [0.05, 0.1) is 6.07 Å². The van der Waals surface area contributed by atoms with Gasteiger partial charge in [0, 0.05) is 14.1 Å². The van der Waals surface area contributed by atoms with E-state index < -0.39 is 5.41 Å². The Balaban J connectivity index is 2.74. The van der Waals surface area contributed by atoms with Gasteiger partial charge in [0.2, 0.25) is 0 Å². The van der Waals surface area contributed by atoms with Gasteiger partial charge in [0.1, 0.15) is 5.41 Å². The van der Waals surface area contributed by atoms with Crippen molar-refractivity contribution in [2.45, 2.75) is 38.5 Å². The van der Waals surface area contributed by atoms with Crippen molar-refractivity contribution in [3.63, 3.8) is 0 Å². The van der Waals surface area contributed by atoms with E-state index in [0.29, 0.717) is 12.8 Å². The molecular formula is C11H19N3O. The molecule has 0 atom stereocenters. The highest BCUT2D eigenvalue weighted by atomic mass is 16.2. The average Bonchev–Trinajstić information content (AvgIpc) is 2.42. The van der Waals surface area contributed by atoms with Crippen molar-refractivity contribution in [1.29, 1.82) is 5.26 Å². The zero-order valence-corrected chi connectivity index (χ0v) is 9.55. The first-order chi connectivity index (χ1) is 7.10. The molecule has 1 aliphatic rings. The number of amides is 1. The quantitative estimate of drug-likeness (QED) is 0.553. The molecule has 0 unspecified atom stereocenters. The first kappa shape index (κ1) is 12.0. The van der Waals surface area contributed by atoms with Crippen LogP contribution in [0.25, 0.3) is 0 Å². The highest BCUT2D eigenvalue weighted by Crippen LogP contribution is 2.34. The van der Waals surface area contributed by atoms with Crippen LogP contribution in [0.5, 0.6) is 0 Å². The lowest BCUT2D eigenvalue weighted by molar-refractivity contribution is -0.132. The number of carbonyl (C=O) groups excluding carboxylic acids is 1. The van der Waals surface area contributed by atoms with Gasteiger partial charge in [0.15, 0.2) is 0 Å². The average molecular weight is 209 g/mol. The molecule has 4 nitrogen and oxygen atoms in total. The van der Waals surface area contributed by atoms with Crippen molar-refractivity contribution in [2.75, 3.05) is 14.1 Å². The first-order valence-electron chi connectivity index (χ1n) is 5.50. The molecule has 1 rings (SSSR count). The summed E-state index contributed by atoms with van der Waals surface area (Å²) in [6, 6.07) is 2.22. The molecule has 0 heterocycles. The van der Waals surface area contributed by atoms with E-state index >= 15 is 0 Å². The summed E-state index contributed by atoms with van der Waals surface area (Å²) in [7, 11) is 3.53. The fourth-order valence-corrected chi connectivity index (χ4v) is 2.03. The molecule has 1 fully saturated rings. The van der Waals surface area contributed by atoms with Crippen LogP contribution in [-0.4, -0.2) is 25.0 Å². The van der Waals surface area contributed by atoms with Crippen LogP contribution >= 0.6 is 0 Å². The number of hydrazine groups is 1. The van der Waals surface area contributed by atoms with E-state index in [1.54, 1.807) is 19.1 Å². The predicted octanol–water partition coefficient (Wildman–Crippen LogP) is 1.44. The molecule has 0 bridgehead atoms. The first-order valence-corrected chi connectivity index (χ1v) is 5.50. The number of carbonyl (C=O) groups is 1. The lowest BCUT2D eigenvalue weighted by atomic mass is 9.81. The predicted molar refractivity (Wildman–Crippen MR) is 57.6 cm³/mol. The van der Waals surface area contributed by atoms with Crippen LogP contribution in [0.4, 0.5) is 0 Å². The van der Waals surface area contributed by atoms with Crippen molar-refractivity contribution in [1.82, 2.24) is 10.4 Å². The zero-order valence-electron chi connectivity index (χ0n) is 9.55. The third-order valence-corrected chi connectivity index (χ3v) is 2.93. The molecule has 1 saturated carbocycles. The molecule has 1 N–H and O–H groups in total. The molecule has 0 spiro atoms. The lowest BCUT2D eigenvalue weighted by Gasteiger charge is -2.25. The fourth-order valence-electron chi connectivity index (χ4n) is 2.03. The van der Waals surface area contributed by atoms with E-state index in [9.17, 15) is 10.1 Å². The Labute approximate surface area is 91.2 Å². The molecule has 15 heavy (non-hydrogen) atoms. The maximum Gasteiger partial charge on any atom is 0.254 e. The number of nitrogens with zero attached hydrogens (tertiary/aromatic N) is 2. The monoisotopic (exact) mass is 209 g/mol. The maximum atomic E-state index is 11.9. The molecule has 0 aromatic rings. The van der Waals surface area contributed by atoms with Gasteiger partial charge in [-0.15, -0.1) is 0 Å². The minimum Gasteiger partial charge on any atom is -0.288 e. The van der Waals surface area contributed by atoms with Crippen LogP contribution in [0.2, 0.25) is 0 Å². The van der Waals surface area contributed by atoms with Crippen molar-refractivity contribution in [2.24, 2.45) is 5.41 Å². The topological polar surface area (TPSA) is 56.1 Å². The molecule has 0 aromatic carbocycles. The summed E-state index contributed by atoms with van der Waals surface area (Å²) in [5.74, 6) is -0.142. The molecule has 0 aromatic heterocycles. The van der Waals surface area contributed by atoms with E-state index in [1.807, 2.05) is 0 Å². The third-order valence-electron chi connectivity index (χ3n) is 2.93. The third kappa shape index (κ3) is 2.93. The van der Waals surface area contributed by atoms with Crippen molar-refractivity contribution < 1.29 is 4.79 Å². The second-order valence-corrected chi connectivity index (χ2v) is 4.44. The van der Waals surface area contributed by atoms with Gasteiger partial charge >= 0.3 is 0 Å². The lowest BCUT2D eigenvalue weighted by Crippen LogP contribution is -2.46. The van der Waals surface area contributed by atoms with E-state index in [4.69, 9.17) is 0 Å². The Kier molecular flexibility index (Phi) is 4.10. The number of nitrogens with one attached hydrogen (secondary N) is 1. The Morgan fingerprint density at radius 2 is 1.80 bits per heavy atom. The summed E-state index contributed by atoms with van der Waals surface area (Å²) in [5.41, 5.74) is 1.91. The van der Waals surface area contributed by atoms with Crippen LogP contribution in [0, 0.1) is 16.7 Å². The number of hydrogen-bond donors (Lipinski definition) is 1. The summed E-state index contributed by atoms with van der Waals surface area (Å²) in [4.78, 5) is 11.9. The molecule has 1 amide bonds. The van der Waals surface area contributed by atoms with E-state index in [1.165, 1.54) is 0 Å². The minimum absolute atomic E-state index is 0.142. The Hall–Kier alpha value is -1.08. The molecule has 1 aliphatic carbocycles. The van der Waals surface area contributed by atoms with Crippen LogP contribution in [0.3, 0.4) is 0 Å². The summed E-state index contributed by atoms with van der Waals surface area (Å²) in [5, 5.41) is 10.8. The summed E-state index contributed by atoms with van der Waals surface area (Å²) in [6.07, 6.45) is 5.63. The van der Waals surface area contributed by atoms with E-state index in [-0.39, 0.29) is 5.91 Å². The van der Waals surface area contributed by atoms with Gasteiger partial charge in [0.25, 0.3) is 5.91 Å². The standard InChI is InChI=1S/C11H19N3O/c1-14(2)13-10(15)11(9-12)7-5-3-4-6-8-11/h3-8H2,1-2H3,(H,13,15). The van der Waals surface area contributed by atoms with Crippen LogP contribution in [0.1, 0.15) is 38.5 Å². The maximum absolute atomic E-state index is 11.9. The molecular weight excluding hydrogens is 190 g/mol. The molecule has 4 heteroatoms. The summed E-state index contributed by atoms with van der Waals surface area (Å²) >= 11 is 0.